The zero-order valence-electron chi connectivity index (χ0n) is 9.82. The van der Waals surface area contributed by atoms with E-state index in [4.69, 9.17) is 30.6 Å². The predicted octanol–water partition coefficient (Wildman–Crippen LogP) is -4.47. The molecule has 90 valence electrons. The zero-order chi connectivity index (χ0) is 10.6. The summed E-state index contributed by atoms with van der Waals surface area (Å²) in [6.07, 6.45) is -7.84. The van der Waals surface area contributed by atoms with Crippen LogP contribution in [0.2, 0.25) is 0 Å². The van der Waals surface area contributed by atoms with E-state index in [9.17, 15) is 4.79 Å². The molecule has 8 N–H and O–H groups in total. The number of aliphatic carboxylic acids is 1. The van der Waals surface area contributed by atoms with Gasteiger partial charge >= 0.3 is 43.7 Å². The molecule has 9 heteroatoms. The number of carboxylic acid groups (broad SMARTS) is 1. The van der Waals surface area contributed by atoms with Crippen LogP contribution in [0.3, 0.4) is 0 Å². The molecule has 15 heavy (non-hydrogen) atoms. The van der Waals surface area contributed by atoms with Crippen molar-refractivity contribution in [1.29, 1.82) is 0 Å². The number of aliphatic hydroxyl groups excluding tert-OH is 5. The van der Waals surface area contributed by atoms with E-state index < -0.39 is 37.0 Å². The van der Waals surface area contributed by atoms with E-state index in [0.717, 1.165) is 0 Å². The van der Waals surface area contributed by atoms with Crippen LogP contribution in [0.1, 0.15) is 2.85 Å². The van der Waals surface area contributed by atoms with Gasteiger partial charge in [-0.05, 0) is 0 Å². The molecular formula is C6H16CaO8. The fourth-order valence-electron chi connectivity index (χ4n) is 0.668. The Labute approximate surface area is 118 Å². The molecule has 0 aliphatic rings. The summed E-state index contributed by atoms with van der Waals surface area (Å²) in [4.78, 5) is 10.1. The van der Waals surface area contributed by atoms with Gasteiger partial charge in [-0.1, -0.05) is 0 Å². The first kappa shape index (κ1) is 20.8. The van der Waals surface area contributed by atoms with Gasteiger partial charge in [-0.25, -0.2) is 4.79 Å². The number of hydrogen-bond donors (Lipinski definition) is 6. The van der Waals surface area contributed by atoms with Crippen LogP contribution >= 0.6 is 0 Å². The van der Waals surface area contributed by atoms with Crippen molar-refractivity contribution in [1.82, 2.24) is 0 Å². The van der Waals surface area contributed by atoms with Gasteiger partial charge in [0.15, 0.2) is 6.10 Å². The Hall–Kier alpha value is 0.490. The van der Waals surface area contributed by atoms with Gasteiger partial charge in [-0.3, -0.25) is 0 Å². The Morgan fingerprint density at radius 2 is 1.53 bits per heavy atom. The molecular weight excluding hydrogens is 240 g/mol. The molecule has 0 radical (unpaired) electrons. The van der Waals surface area contributed by atoms with Crippen molar-refractivity contribution in [2.45, 2.75) is 24.4 Å². The summed E-state index contributed by atoms with van der Waals surface area (Å²) in [5, 5.41) is 51.8. The molecule has 0 saturated carbocycles. The van der Waals surface area contributed by atoms with Crippen molar-refractivity contribution in [2.24, 2.45) is 0 Å². The van der Waals surface area contributed by atoms with Crippen LogP contribution in [0, 0.1) is 0 Å². The SMILES string of the molecule is O.O=C(O)[C@H](O)[C@@H](O)[C@H](O)[C@H](O)CO.[Ca+2].[H-].[H-]. The van der Waals surface area contributed by atoms with Crippen LogP contribution in [-0.2, 0) is 4.79 Å². The summed E-state index contributed by atoms with van der Waals surface area (Å²) >= 11 is 0. The van der Waals surface area contributed by atoms with Gasteiger partial charge in [0, 0.05) is 0 Å². The van der Waals surface area contributed by atoms with Crippen LogP contribution in [0.15, 0.2) is 0 Å². The van der Waals surface area contributed by atoms with Gasteiger partial charge in [0.05, 0.1) is 6.61 Å². The zero-order valence-corrected chi connectivity index (χ0v) is 10.0. The second-order valence-corrected chi connectivity index (χ2v) is 2.51. The number of aliphatic hydroxyl groups is 5. The average molecular weight is 256 g/mol. The van der Waals surface area contributed by atoms with Crippen LogP contribution in [-0.4, -0.2) is 111 Å². The standard InChI is InChI=1S/C6H12O7.Ca.H2O.2H/c7-1-2(8)3(9)4(10)5(11)6(12)13;;;;/h2-5,7-11H,1H2,(H,12,13);;1H2;;/q;+2;;2*-1/t2-,3-,4+,5-;;;;/m1..../s1. The molecule has 0 aliphatic heterocycles. The molecule has 0 aliphatic carbocycles. The summed E-state index contributed by atoms with van der Waals surface area (Å²) in [6, 6.07) is 0. The third-order valence-electron chi connectivity index (χ3n) is 1.51. The van der Waals surface area contributed by atoms with Gasteiger partial charge < -0.3 is 39.0 Å². The molecule has 0 fully saturated rings. The Morgan fingerprint density at radius 3 is 1.80 bits per heavy atom. The van der Waals surface area contributed by atoms with Crippen LogP contribution < -0.4 is 0 Å². The maximum atomic E-state index is 10.1. The van der Waals surface area contributed by atoms with Crippen LogP contribution in [0.4, 0.5) is 0 Å². The number of rotatable bonds is 5. The second kappa shape index (κ2) is 9.70. The van der Waals surface area contributed by atoms with E-state index >= 15 is 0 Å². The van der Waals surface area contributed by atoms with Crippen LogP contribution in [0.25, 0.3) is 0 Å². The molecule has 0 heterocycles. The molecule has 0 bridgehead atoms. The number of carboxylic acids is 1. The fourth-order valence-corrected chi connectivity index (χ4v) is 0.668. The monoisotopic (exact) mass is 256 g/mol. The molecule has 0 rings (SSSR count). The molecule has 0 aromatic heterocycles. The normalized spacial score (nSPS) is 17.7. The average Bonchev–Trinajstić information content (AvgIpc) is 2.12. The van der Waals surface area contributed by atoms with E-state index in [-0.39, 0.29) is 46.1 Å². The summed E-state index contributed by atoms with van der Waals surface area (Å²) < 4.78 is 0. The molecule has 0 saturated heterocycles. The van der Waals surface area contributed by atoms with Crippen molar-refractivity contribution >= 4 is 43.7 Å². The van der Waals surface area contributed by atoms with E-state index in [1.54, 1.807) is 0 Å². The summed E-state index contributed by atoms with van der Waals surface area (Å²) in [5.41, 5.74) is 0. The molecule has 8 nitrogen and oxygen atoms in total. The smallest absolute Gasteiger partial charge is 1.00 e. The molecule has 0 aromatic carbocycles. The molecule has 0 aromatic rings. The minimum Gasteiger partial charge on any atom is -1.00 e. The van der Waals surface area contributed by atoms with E-state index in [2.05, 4.69) is 0 Å². The third-order valence-corrected chi connectivity index (χ3v) is 1.51. The summed E-state index contributed by atoms with van der Waals surface area (Å²) in [6.45, 7) is -0.843. The van der Waals surface area contributed by atoms with Crippen molar-refractivity contribution in [3.05, 3.63) is 0 Å². The molecule has 0 unspecified atom stereocenters. The number of carbonyl (C=O) groups is 1. The largest absolute Gasteiger partial charge is 2.00 e. The van der Waals surface area contributed by atoms with Gasteiger partial charge in [0.1, 0.15) is 18.3 Å². The minimum atomic E-state index is -2.20. The van der Waals surface area contributed by atoms with Gasteiger partial charge in [-0.15, -0.1) is 0 Å². The van der Waals surface area contributed by atoms with Gasteiger partial charge in [0.2, 0.25) is 0 Å². The maximum absolute atomic E-state index is 10.1. The van der Waals surface area contributed by atoms with Gasteiger partial charge in [0.25, 0.3) is 0 Å². The van der Waals surface area contributed by atoms with E-state index in [0.29, 0.717) is 0 Å². The number of hydrogen-bond acceptors (Lipinski definition) is 6. The Balaban J connectivity index is -0.000000120. The summed E-state index contributed by atoms with van der Waals surface area (Å²) in [7, 11) is 0. The van der Waals surface area contributed by atoms with Crippen LogP contribution in [0.5, 0.6) is 0 Å². The van der Waals surface area contributed by atoms with Crippen molar-refractivity contribution < 1.29 is 43.8 Å². The first-order valence-electron chi connectivity index (χ1n) is 3.47. The van der Waals surface area contributed by atoms with E-state index in [1.165, 1.54) is 0 Å². The minimum absolute atomic E-state index is 0. The van der Waals surface area contributed by atoms with Crippen molar-refractivity contribution in [2.75, 3.05) is 6.61 Å². The van der Waals surface area contributed by atoms with Crippen molar-refractivity contribution in [3.63, 3.8) is 0 Å². The fraction of sp³-hybridized carbons (Fsp3) is 0.833. The quantitative estimate of drug-likeness (QED) is 0.269. The Morgan fingerprint density at radius 1 is 1.13 bits per heavy atom. The van der Waals surface area contributed by atoms with Crippen molar-refractivity contribution in [3.8, 4) is 0 Å². The first-order valence-corrected chi connectivity index (χ1v) is 3.47. The second-order valence-electron chi connectivity index (χ2n) is 2.51. The molecule has 0 spiro atoms. The molecule has 0 amide bonds. The van der Waals surface area contributed by atoms with E-state index in [1.807, 2.05) is 0 Å². The van der Waals surface area contributed by atoms with Gasteiger partial charge in [-0.2, -0.15) is 0 Å². The molecule has 4 atom stereocenters. The third kappa shape index (κ3) is 6.61. The summed E-state index contributed by atoms with van der Waals surface area (Å²) in [5.74, 6) is -1.73. The maximum Gasteiger partial charge on any atom is 2.00 e. The Kier molecular flexibility index (Phi) is 13.5. The first-order chi connectivity index (χ1) is 5.91. The predicted molar refractivity (Wildman–Crippen MR) is 50.3 cm³/mol. The Bertz CT molecular complexity index is 185. The topological polar surface area (TPSA) is 170 Å².